The number of carbonyl (C=O) groups is 3. The second kappa shape index (κ2) is 7.46. The second-order valence-corrected chi connectivity index (χ2v) is 7.21. The van der Waals surface area contributed by atoms with E-state index in [1.807, 2.05) is 42.2 Å². The Morgan fingerprint density at radius 2 is 1.71 bits per heavy atom. The van der Waals surface area contributed by atoms with E-state index in [0.717, 1.165) is 48.2 Å². The summed E-state index contributed by atoms with van der Waals surface area (Å²) in [5.74, 6) is -1.22. The number of aryl methyl sites for hydroxylation is 3. The number of nitrogens with zero attached hydrogens (tertiary/aromatic N) is 1. The lowest BCUT2D eigenvalue weighted by Gasteiger charge is -2.35. The van der Waals surface area contributed by atoms with E-state index >= 15 is 0 Å². The van der Waals surface area contributed by atoms with Crippen LogP contribution in [0.5, 0.6) is 0 Å². The van der Waals surface area contributed by atoms with Crippen LogP contribution in [0.1, 0.15) is 36.5 Å². The van der Waals surface area contributed by atoms with Crippen molar-refractivity contribution in [1.29, 1.82) is 0 Å². The zero-order valence-corrected chi connectivity index (χ0v) is 15.9. The van der Waals surface area contributed by atoms with Crippen LogP contribution in [0.15, 0.2) is 36.4 Å². The van der Waals surface area contributed by atoms with Crippen molar-refractivity contribution in [1.82, 2.24) is 0 Å². The highest BCUT2D eigenvalue weighted by atomic mass is 16.2. The molecule has 0 radical (unpaired) electrons. The molecule has 28 heavy (non-hydrogen) atoms. The molecule has 0 atom stereocenters. The summed E-state index contributed by atoms with van der Waals surface area (Å²) in [5, 5.41) is 5.41. The van der Waals surface area contributed by atoms with Crippen molar-refractivity contribution in [2.75, 3.05) is 22.1 Å². The molecule has 2 aromatic carbocycles. The van der Waals surface area contributed by atoms with Crippen LogP contribution in [-0.4, -0.2) is 24.3 Å². The Balaban J connectivity index is 1.52. The lowest BCUT2D eigenvalue weighted by molar-refractivity contribution is -0.133. The largest absolute Gasteiger partial charge is 0.318 e. The van der Waals surface area contributed by atoms with Gasteiger partial charge in [-0.1, -0.05) is 25.1 Å². The average Bonchev–Trinajstić information content (AvgIpc) is 2.71. The molecule has 2 aromatic rings. The molecule has 2 aliphatic heterocycles. The zero-order chi connectivity index (χ0) is 19.7. The van der Waals surface area contributed by atoms with Gasteiger partial charge in [0.1, 0.15) is 0 Å². The summed E-state index contributed by atoms with van der Waals surface area (Å²) < 4.78 is 0. The summed E-state index contributed by atoms with van der Waals surface area (Å²) in [6, 6.07) is 11.2. The number of anilines is 3. The molecule has 0 unspecified atom stereocenters. The highest BCUT2D eigenvalue weighted by Gasteiger charge is 2.30. The van der Waals surface area contributed by atoms with E-state index in [2.05, 4.69) is 10.6 Å². The number of hydrogen-bond acceptors (Lipinski definition) is 3. The molecule has 144 valence electrons. The van der Waals surface area contributed by atoms with Crippen LogP contribution in [0, 0.1) is 0 Å². The molecule has 0 aliphatic carbocycles. The van der Waals surface area contributed by atoms with Crippen LogP contribution in [0.3, 0.4) is 0 Å². The maximum Gasteiger partial charge on any atom is 0.314 e. The minimum absolute atomic E-state index is 0.166. The number of amides is 3. The molecular formula is C22H23N3O3. The molecule has 2 N–H and O–H groups in total. The summed E-state index contributed by atoms with van der Waals surface area (Å²) in [4.78, 5) is 38.8. The van der Waals surface area contributed by atoms with Crippen molar-refractivity contribution in [2.24, 2.45) is 0 Å². The summed E-state index contributed by atoms with van der Waals surface area (Å²) in [7, 11) is 0. The Morgan fingerprint density at radius 1 is 1.00 bits per heavy atom. The molecule has 0 aromatic heterocycles. The van der Waals surface area contributed by atoms with Crippen molar-refractivity contribution in [3.8, 4) is 0 Å². The van der Waals surface area contributed by atoms with Gasteiger partial charge in [-0.3, -0.25) is 14.4 Å². The molecule has 0 saturated carbocycles. The number of para-hydroxylation sites is 1. The first-order chi connectivity index (χ1) is 13.6. The van der Waals surface area contributed by atoms with Crippen LogP contribution >= 0.6 is 0 Å². The smallest absolute Gasteiger partial charge is 0.314 e. The number of benzene rings is 2. The SMILES string of the molecule is CCc1ccccc1NC(=O)C(=O)Nc1cc2c3c(c1)CCC(=O)N3CCC2. The van der Waals surface area contributed by atoms with Crippen LogP contribution in [0.4, 0.5) is 17.1 Å². The first-order valence-electron chi connectivity index (χ1n) is 9.73. The third kappa shape index (κ3) is 3.38. The summed E-state index contributed by atoms with van der Waals surface area (Å²) in [6.07, 6.45) is 3.69. The highest BCUT2D eigenvalue weighted by Crippen LogP contribution is 2.37. The molecule has 6 nitrogen and oxygen atoms in total. The molecule has 0 saturated heterocycles. The molecule has 4 rings (SSSR count). The van der Waals surface area contributed by atoms with E-state index in [0.29, 0.717) is 24.2 Å². The van der Waals surface area contributed by atoms with E-state index in [1.165, 1.54) is 0 Å². The van der Waals surface area contributed by atoms with Gasteiger partial charge < -0.3 is 15.5 Å². The quantitative estimate of drug-likeness (QED) is 0.807. The van der Waals surface area contributed by atoms with Gasteiger partial charge in [-0.05, 0) is 60.6 Å². The first kappa shape index (κ1) is 18.2. The standard InChI is InChI=1S/C22H23N3O3/c1-2-14-6-3-4-8-18(14)24-22(28)21(27)23-17-12-15-7-5-11-25-19(26)10-9-16(13-17)20(15)25/h3-4,6,8,12-13H,2,5,7,9-11H2,1H3,(H,23,27)(H,24,28). The van der Waals surface area contributed by atoms with E-state index in [1.54, 1.807) is 6.07 Å². The fourth-order valence-electron chi connectivity index (χ4n) is 4.04. The Labute approximate surface area is 163 Å². The Hall–Kier alpha value is -3.15. The predicted octanol–water partition coefficient (Wildman–Crippen LogP) is 3.05. The third-order valence-electron chi connectivity index (χ3n) is 5.39. The Kier molecular flexibility index (Phi) is 4.86. The monoisotopic (exact) mass is 377 g/mol. The van der Waals surface area contributed by atoms with Crippen molar-refractivity contribution in [2.45, 2.75) is 39.0 Å². The molecule has 0 spiro atoms. The van der Waals surface area contributed by atoms with Gasteiger partial charge in [-0.25, -0.2) is 0 Å². The molecule has 2 aliphatic rings. The third-order valence-corrected chi connectivity index (χ3v) is 5.39. The molecule has 6 heteroatoms. The fourth-order valence-corrected chi connectivity index (χ4v) is 4.04. The van der Waals surface area contributed by atoms with Crippen LogP contribution in [0.25, 0.3) is 0 Å². The lowest BCUT2D eigenvalue weighted by atomic mass is 9.91. The topological polar surface area (TPSA) is 78.5 Å². The molecule has 0 fully saturated rings. The van der Waals surface area contributed by atoms with E-state index in [4.69, 9.17) is 0 Å². The van der Waals surface area contributed by atoms with Gasteiger partial charge in [0.25, 0.3) is 0 Å². The summed E-state index contributed by atoms with van der Waals surface area (Å²) in [5.41, 5.74) is 5.36. The minimum Gasteiger partial charge on any atom is -0.318 e. The summed E-state index contributed by atoms with van der Waals surface area (Å²) in [6.45, 7) is 2.75. The predicted molar refractivity (Wildman–Crippen MR) is 109 cm³/mol. The fraction of sp³-hybridized carbons (Fsp3) is 0.318. The van der Waals surface area contributed by atoms with Gasteiger partial charge in [0.05, 0.1) is 5.69 Å². The zero-order valence-electron chi connectivity index (χ0n) is 15.9. The maximum absolute atomic E-state index is 12.4. The number of hydrogen-bond donors (Lipinski definition) is 2. The van der Waals surface area contributed by atoms with Gasteiger partial charge in [-0.15, -0.1) is 0 Å². The normalized spacial score (nSPS) is 15.0. The molecule has 3 amide bonds. The average molecular weight is 377 g/mol. The number of rotatable bonds is 3. The van der Waals surface area contributed by atoms with Gasteiger partial charge in [0, 0.05) is 24.3 Å². The molecule has 0 bridgehead atoms. The summed E-state index contributed by atoms with van der Waals surface area (Å²) >= 11 is 0. The van der Waals surface area contributed by atoms with Crippen molar-refractivity contribution in [3.05, 3.63) is 53.1 Å². The number of nitrogens with one attached hydrogen (secondary N) is 2. The number of carbonyl (C=O) groups excluding carboxylic acids is 3. The molecule has 2 heterocycles. The van der Waals surface area contributed by atoms with E-state index < -0.39 is 11.8 Å². The first-order valence-corrected chi connectivity index (χ1v) is 9.73. The Morgan fingerprint density at radius 3 is 2.50 bits per heavy atom. The van der Waals surface area contributed by atoms with Gasteiger partial charge in [-0.2, -0.15) is 0 Å². The van der Waals surface area contributed by atoms with E-state index in [-0.39, 0.29) is 5.91 Å². The van der Waals surface area contributed by atoms with Crippen LogP contribution in [0.2, 0.25) is 0 Å². The lowest BCUT2D eigenvalue weighted by Crippen LogP contribution is -2.39. The highest BCUT2D eigenvalue weighted by molar-refractivity contribution is 6.43. The van der Waals surface area contributed by atoms with E-state index in [9.17, 15) is 14.4 Å². The minimum atomic E-state index is -0.697. The molecular weight excluding hydrogens is 354 g/mol. The van der Waals surface area contributed by atoms with Crippen LogP contribution in [-0.2, 0) is 33.6 Å². The Bertz CT molecular complexity index is 950. The van der Waals surface area contributed by atoms with Gasteiger partial charge >= 0.3 is 11.8 Å². The van der Waals surface area contributed by atoms with Crippen molar-refractivity contribution < 1.29 is 14.4 Å². The maximum atomic E-state index is 12.4. The van der Waals surface area contributed by atoms with Crippen LogP contribution < -0.4 is 15.5 Å². The van der Waals surface area contributed by atoms with Gasteiger partial charge in [0.15, 0.2) is 0 Å². The second-order valence-electron chi connectivity index (χ2n) is 7.21. The van der Waals surface area contributed by atoms with Crippen molar-refractivity contribution in [3.63, 3.8) is 0 Å². The van der Waals surface area contributed by atoms with Gasteiger partial charge in [0.2, 0.25) is 5.91 Å². The van der Waals surface area contributed by atoms with Crippen molar-refractivity contribution >= 4 is 34.8 Å².